The third-order valence-electron chi connectivity index (χ3n) is 5.52. The van der Waals surface area contributed by atoms with Crippen molar-refractivity contribution in [2.24, 2.45) is 0 Å². The first-order valence-electron chi connectivity index (χ1n) is 10.7. The van der Waals surface area contributed by atoms with Crippen LogP contribution in [0.2, 0.25) is 0 Å². The van der Waals surface area contributed by atoms with Gasteiger partial charge in [0.05, 0.1) is 0 Å². The zero-order valence-electron chi connectivity index (χ0n) is 19.1. The van der Waals surface area contributed by atoms with E-state index in [1.54, 1.807) is 0 Å². The van der Waals surface area contributed by atoms with Crippen LogP contribution in [0, 0.1) is 13.8 Å². The molecule has 34 heavy (non-hydrogen) atoms. The van der Waals surface area contributed by atoms with Gasteiger partial charge in [-0.15, -0.1) is 0 Å². The number of aromatic nitrogens is 2. The van der Waals surface area contributed by atoms with Crippen LogP contribution in [0.3, 0.4) is 0 Å². The van der Waals surface area contributed by atoms with Gasteiger partial charge in [-0.05, 0) is 25.0 Å². The largest absolute Gasteiger partial charge is 1.00 e. The van der Waals surface area contributed by atoms with Crippen molar-refractivity contribution in [3.63, 3.8) is 0 Å². The molecule has 0 aliphatic carbocycles. The van der Waals surface area contributed by atoms with E-state index in [0.717, 1.165) is 33.4 Å². The molecule has 2 aromatic heterocycles. The molecule has 4 rings (SSSR count). The second-order valence-corrected chi connectivity index (χ2v) is 8.10. The van der Waals surface area contributed by atoms with Crippen molar-refractivity contribution in [1.29, 1.82) is 0 Å². The van der Waals surface area contributed by atoms with Crippen LogP contribution < -0.4 is 43.1 Å². The molecule has 2 aromatic carbocycles. The highest BCUT2D eigenvalue weighted by molar-refractivity contribution is 5.95. The van der Waals surface area contributed by atoms with E-state index in [-0.39, 0.29) is 45.5 Å². The third kappa shape index (κ3) is 7.02. The van der Waals surface area contributed by atoms with Gasteiger partial charge in [0.2, 0.25) is 24.7 Å². The Hall–Kier alpha value is -2.96. The molecule has 0 aliphatic rings. The predicted octanol–water partition coefficient (Wildman–Crippen LogP) is -1.68. The molecule has 4 nitrogen and oxygen atoms in total. The molecule has 0 amide bonds. The van der Waals surface area contributed by atoms with Crippen LogP contribution in [-0.4, -0.2) is 11.6 Å². The normalized spacial score (nSPS) is 10.1. The number of hydrogen-bond donors (Lipinski definition) is 0. The monoisotopic (exact) mass is 580 g/mol. The summed E-state index contributed by atoms with van der Waals surface area (Å²) in [5.74, 6) is 0.170. The second-order valence-electron chi connectivity index (χ2n) is 8.10. The minimum Gasteiger partial charge on any atom is -1.00 e. The highest BCUT2D eigenvalue weighted by Gasteiger charge is 2.14. The van der Waals surface area contributed by atoms with E-state index in [4.69, 9.17) is 0 Å². The lowest BCUT2D eigenvalue weighted by atomic mass is 10.1. The number of halogens is 2. The Morgan fingerprint density at radius 2 is 0.824 bits per heavy atom. The number of nitrogens with zero attached hydrogens (tertiary/aromatic N) is 2. The Morgan fingerprint density at radius 3 is 1.12 bits per heavy atom. The second kappa shape index (κ2) is 12.5. The molecule has 6 heteroatoms. The Morgan fingerprint density at radius 1 is 0.529 bits per heavy atom. The first kappa shape index (κ1) is 27.3. The fraction of sp³-hybridized carbons (Fsp3) is 0.143. The molecular weight excluding hydrogens is 556 g/mol. The summed E-state index contributed by atoms with van der Waals surface area (Å²) in [7, 11) is 0. The highest BCUT2D eigenvalue weighted by atomic mass is 79.9. The van der Waals surface area contributed by atoms with Gasteiger partial charge in [-0.25, -0.2) is 0 Å². The standard InChI is InChI=1S/C28H26N2O2.2BrH/c1-21-3-7-25(8-4-21)27(31)19-29-15-11-23(12-16-29)24-13-17-30(18-14-24)20-28(32)26-9-5-22(2)6-10-26;;/h3-18H,19-20H2,1-2H3;2*1H/q+2;;/p-2. The maximum atomic E-state index is 12.5. The number of carbonyl (C=O) groups is 2. The SMILES string of the molecule is Cc1ccc(C(=O)C[n+]2ccc(-c3cc[n+](CC(=O)c4ccc(C)cc4)cc3)cc2)cc1.[Br-].[Br-]. The van der Waals surface area contributed by atoms with Gasteiger partial charge in [-0.1, -0.05) is 59.7 Å². The van der Waals surface area contributed by atoms with Crippen LogP contribution in [0.4, 0.5) is 0 Å². The number of benzene rings is 2. The van der Waals surface area contributed by atoms with Crippen LogP contribution in [0.15, 0.2) is 97.6 Å². The van der Waals surface area contributed by atoms with E-state index in [9.17, 15) is 9.59 Å². The zero-order chi connectivity index (χ0) is 22.5. The van der Waals surface area contributed by atoms with Gasteiger partial charge >= 0.3 is 0 Å². The minimum atomic E-state index is 0. The molecule has 0 aliphatic heterocycles. The maximum Gasteiger partial charge on any atom is 0.227 e. The minimum absolute atomic E-state index is 0. The average Bonchev–Trinajstić information content (AvgIpc) is 2.81. The molecule has 0 spiro atoms. The molecule has 0 N–H and O–H groups in total. The summed E-state index contributed by atoms with van der Waals surface area (Å²) in [6, 6.07) is 23.3. The summed E-state index contributed by atoms with van der Waals surface area (Å²) in [5, 5.41) is 0. The Balaban J connectivity index is 0.00000204. The predicted molar refractivity (Wildman–Crippen MR) is 123 cm³/mol. The lowest BCUT2D eigenvalue weighted by Crippen LogP contribution is -3.00. The first-order chi connectivity index (χ1) is 15.5. The Bertz CT molecular complexity index is 1130. The molecule has 0 unspecified atom stereocenters. The molecule has 0 saturated carbocycles. The van der Waals surface area contributed by atoms with E-state index >= 15 is 0 Å². The number of Topliss-reactive ketones (excluding diaryl/α,β-unsaturated/α-hetero) is 2. The highest BCUT2D eigenvalue weighted by Crippen LogP contribution is 2.16. The van der Waals surface area contributed by atoms with E-state index in [1.807, 2.05) is 121 Å². The molecular formula is C28H26Br2N2O2. The van der Waals surface area contributed by atoms with Gasteiger partial charge in [0.1, 0.15) is 0 Å². The van der Waals surface area contributed by atoms with Gasteiger partial charge in [-0.3, -0.25) is 9.59 Å². The van der Waals surface area contributed by atoms with Crippen molar-refractivity contribution in [3.05, 3.63) is 120 Å². The zero-order valence-corrected chi connectivity index (χ0v) is 22.3. The van der Waals surface area contributed by atoms with Gasteiger partial charge in [0, 0.05) is 35.4 Å². The molecule has 0 fully saturated rings. The smallest absolute Gasteiger partial charge is 0.227 e. The molecule has 0 saturated heterocycles. The quantitative estimate of drug-likeness (QED) is 0.193. The van der Waals surface area contributed by atoms with Crippen molar-refractivity contribution >= 4 is 11.6 Å². The van der Waals surface area contributed by atoms with E-state index in [2.05, 4.69) is 0 Å². The summed E-state index contributed by atoms with van der Waals surface area (Å²) in [5.41, 5.74) is 5.84. The number of aryl methyl sites for hydroxylation is 2. The van der Waals surface area contributed by atoms with Crippen molar-refractivity contribution in [2.75, 3.05) is 0 Å². The van der Waals surface area contributed by atoms with Gasteiger partial charge < -0.3 is 34.0 Å². The summed E-state index contributed by atoms with van der Waals surface area (Å²) in [6.07, 6.45) is 7.68. The van der Waals surface area contributed by atoms with Crippen LogP contribution in [0.5, 0.6) is 0 Å². The lowest BCUT2D eigenvalue weighted by molar-refractivity contribution is -0.683. The summed E-state index contributed by atoms with van der Waals surface area (Å²) in [6.45, 7) is 4.63. The Kier molecular flexibility index (Phi) is 10.0. The third-order valence-corrected chi connectivity index (χ3v) is 5.52. The lowest BCUT2D eigenvalue weighted by Gasteiger charge is -2.03. The van der Waals surface area contributed by atoms with Gasteiger partial charge in [-0.2, -0.15) is 9.13 Å². The number of ketones is 2. The van der Waals surface area contributed by atoms with Crippen molar-refractivity contribution in [1.82, 2.24) is 0 Å². The Labute approximate surface area is 221 Å². The summed E-state index contributed by atoms with van der Waals surface area (Å²) < 4.78 is 3.77. The fourth-order valence-electron chi connectivity index (χ4n) is 3.50. The summed E-state index contributed by atoms with van der Waals surface area (Å²) in [4.78, 5) is 24.9. The molecule has 2 heterocycles. The number of hydrogen-bond acceptors (Lipinski definition) is 2. The molecule has 0 atom stereocenters. The number of pyridine rings is 2. The topological polar surface area (TPSA) is 41.9 Å². The van der Waals surface area contributed by atoms with E-state index < -0.39 is 0 Å². The van der Waals surface area contributed by atoms with E-state index in [0.29, 0.717) is 13.1 Å². The first-order valence-corrected chi connectivity index (χ1v) is 10.7. The van der Waals surface area contributed by atoms with Crippen LogP contribution in [0.1, 0.15) is 31.8 Å². The number of rotatable bonds is 7. The maximum absolute atomic E-state index is 12.5. The van der Waals surface area contributed by atoms with Gasteiger partial charge in [0.15, 0.2) is 24.8 Å². The summed E-state index contributed by atoms with van der Waals surface area (Å²) >= 11 is 0. The fourth-order valence-corrected chi connectivity index (χ4v) is 3.50. The van der Waals surface area contributed by atoms with Crippen LogP contribution >= 0.6 is 0 Å². The molecule has 174 valence electrons. The average molecular weight is 582 g/mol. The number of carbonyl (C=O) groups excluding carboxylic acids is 2. The van der Waals surface area contributed by atoms with Crippen molar-refractivity contribution in [3.8, 4) is 11.1 Å². The molecule has 4 aromatic rings. The van der Waals surface area contributed by atoms with Crippen molar-refractivity contribution in [2.45, 2.75) is 26.9 Å². The van der Waals surface area contributed by atoms with Crippen LogP contribution in [-0.2, 0) is 13.1 Å². The van der Waals surface area contributed by atoms with Crippen molar-refractivity contribution < 1.29 is 52.7 Å². The molecule has 0 radical (unpaired) electrons. The molecule has 0 bridgehead atoms. The van der Waals surface area contributed by atoms with Gasteiger partial charge in [0.25, 0.3) is 0 Å². The van der Waals surface area contributed by atoms with Crippen LogP contribution in [0.25, 0.3) is 11.1 Å². The van der Waals surface area contributed by atoms with E-state index in [1.165, 1.54) is 0 Å².